The van der Waals surface area contributed by atoms with Crippen LogP contribution in [-0.2, 0) is 0 Å². The van der Waals surface area contributed by atoms with Crippen LogP contribution in [0.4, 0.5) is 0 Å². The molecule has 2 rings (SSSR count). The molecule has 0 saturated carbocycles. The lowest BCUT2D eigenvalue weighted by atomic mass is 10.1. The summed E-state index contributed by atoms with van der Waals surface area (Å²) in [5.41, 5.74) is 0. The number of hydrogen-bond donors (Lipinski definition) is 0. The molecule has 3 heteroatoms. The first-order valence-electron chi connectivity index (χ1n) is 5.05. The van der Waals surface area contributed by atoms with Crippen LogP contribution in [0.5, 0.6) is 0 Å². The summed E-state index contributed by atoms with van der Waals surface area (Å²) in [4.78, 5) is 3.60. The van der Waals surface area contributed by atoms with Crippen molar-refractivity contribution >= 4 is 11.3 Å². The van der Waals surface area contributed by atoms with E-state index in [1.54, 1.807) is 11.3 Å². The molecule has 0 aromatic carbocycles. The van der Waals surface area contributed by atoms with Crippen molar-refractivity contribution in [2.75, 3.05) is 19.6 Å². The van der Waals surface area contributed by atoms with Crippen molar-refractivity contribution in [3.8, 4) is 6.07 Å². The molecule has 0 spiro atoms. The summed E-state index contributed by atoms with van der Waals surface area (Å²) >= 11 is 1.69. The number of nitrogens with zero attached hydrogens (tertiary/aromatic N) is 2. The maximum atomic E-state index is 9.09. The first-order valence-corrected chi connectivity index (χ1v) is 5.93. The van der Waals surface area contributed by atoms with Crippen LogP contribution in [0.3, 0.4) is 0 Å². The molecule has 0 bridgehead atoms. The zero-order chi connectivity index (χ0) is 9.80. The van der Waals surface area contributed by atoms with E-state index in [4.69, 9.17) is 5.26 Å². The first-order chi connectivity index (χ1) is 6.90. The minimum absolute atomic E-state index is 0.0769. The molecule has 1 aromatic heterocycles. The fourth-order valence-electron chi connectivity index (χ4n) is 1.91. The third-order valence-corrected chi connectivity index (χ3v) is 3.67. The van der Waals surface area contributed by atoms with Crippen LogP contribution in [0.2, 0.25) is 0 Å². The molecule has 1 aromatic rings. The summed E-state index contributed by atoms with van der Waals surface area (Å²) in [7, 11) is 0. The van der Waals surface area contributed by atoms with E-state index in [0.717, 1.165) is 6.54 Å². The smallest absolute Gasteiger partial charge is 0.0932 e. The van der Waals surface area contributed by atoms with E-state index in [-0.39, 0.29) is 5.92 Å². The molecule has 0 N–H and O–H groups in total. The fraction of sp³-hybridized carbons (Fsp3) is 0.545. The maximum absolute atomic E-state index is 9.09. The number of rotatable bonds is 3. The van der Waals surface area contributed by atoms with Crippen molar-refractivity contribution in [2.24, 2.45) is 0 Å². The topological polar surface area (TPSA) is 27.0 Å². The van der Waals surface area contributed by atoms with Gasteiger partial charge in [0.05, 0.1) is 12.0 Å². The van der Waals surface area contributed by atoms with Gasteiger partial charge in [0.25, 0.3) is 0 Å². The maximum Gasteiger partial charge on any atom is 0.0932 e. The average molecular weight is 206 g/mol. The first kappa shape index (κ1) is 9.70. The highest BCUT2D eigenvalue weighted by atomic mass is 32.1. The monoisotopic (exact) mass is 206 g/mol. The Morgan fingerprint density at radius 3 is 2.86 bits per heavy atom. The highest BCUT2D eigenvalue weighted by Crippen LogP contribution is 2.23. The molecule has 74 valence electrons. The quantitative estimate of drug-likeness (QED) is 0.759. The summed E-state index contributed by atoms with van der Waals surface area (Å²) in [6.45, 7) is 3.25. The van der Waals surface area contributed by atoms with Crippen molar-refractivity contribution in [1.82, 2.24) is 4.90 Å². The van der Waals surface area contributed by atoms with Gasteiger partial charge >= 0.3 is 0 Å². The van der Waals surface area contributed by atoms with Gasteiger partial charge in [-0.05, 0) is 37.4 Å². The van der Waals surface area contributed by atoms with Gasteiger partial charge in [0.2, 0.25) is 0 Å². The highest BCUT2D eigenvalue weighted by molar-refractivity contribution is 7.10. The molecule has 2 nitrogen and oxygen atoms in total. The minimum Gasteiger partial charge on any atom is -0.302 e. The van der Waals surface area contributed by atoms with Crippen molar-refractivity contribution < 1.29 is 0 Å². The van der Waals surface area contributed by atoms with E-state index in [0.29, 0.717) is 0 Å². The van der Waals surface area contributed by atoms with Crippen LogP contribution in [0.15, 0.2) is 17.5 Å². The Kier molecular flexibility index (Phi) is 3.18. The fourth-order valence-corrected chi connectivity index (χ4v) is 2.67. The molecule has 0 aliphatic carbocycles. The second kappa shape index (κ2) is 4.59. The van der Waals surface area contributed by atoms with Crippen molar-refractivity contribution in [2.45, 2.75) is 18.8 Å². The third-order valence-electron chi connectivity index (χ3n) is 2.68. The van der Waals surface area contributed by atoms with Crippen LogP contribution >= 0.6 is 11.3 Å². The van der Waals surface area contributed by atoms with E-state index < -0.39 is 0 Å². The van der Waals surface area contributed by atoms with Crippen molar-refractivity contribution in [1.29, 1.82) is 5.26 Å². The molecule has 1 aliphatic rings. The van der Waals surface area contributed by atoms with E-state index in [1.807, 2.05) is 11.4 Å². The highest BCUT2D eigenvalue weighted by Gasteiger charge is 2.18. The van der Waals surface area contributed by atoms with Gasteiger partial charge in [-0.1, -0.05) is 6.07 Å². The molecule has 14 heavy (non-hydrogen) atoms. The largest absolute Gasteiger partial charge is 0.302 e. The van der Waals surface area contributed by atoms with Crippen LogP contribution in [0.1, 0.15) is 23.6 Å². The van der Waals surface area contributed by atoms with Crippen LogP contribution in [-0.4, -0.2) is 24.5 Å². The van der Waals surface area contributed by atoms with Gasteiger partial charge in [0.1, 0.15) is 0 Å². The standard InChI is InChI=1S/C11H14N2S/c12-8-10(11-4-3-7-14-11)9-13-5-1-2-6-13/h3-4,7,10H,1-2,5-6,9H2. The second-order valence-electron chi connectivity index (χ2n) is 3.70. The molecule has 1 aliphatic heterocycles. The Balaban J connectivity index is 1.97. The van der Waals surface area contributed by atoms with Crippen LogP contribution < -0.4 is 0 Å². The molecular weight excluding hydrogens is 192 g/mol. The Bertz CT molecular complexity index is 307. The zero-order valence-electron chi connectivity index (χ0n) is 8.15. The van der Waals surface area contributed by atoms with Crippen molar-refractivity contribution in [3.63, 3.8) is 0 Å². The lowest BCUT2D eigenvalue weighted by Crippen LogP contribution is -2.24. The van der Waals surface area contributed by atoms with E-state index in [1.165, 1.54) is 30.8 Å². The Hall–Kier alpha value is -0.850. The minimum atomic E-state index is 0.0769. The Morgan fingerprint density at radius 2 is 2.29 bits per heavy atom. The average Bonchev–Trinajstić information content (AvgIpc) is 2.86. The predicted octanol–water partition coefficient (Wildman–Crippen LogP) is 2.45. The van der Waals surface area contributed by atoms with Crippen LogP contribution in [0, 0.1) is 11.3 Å². The number of hydrogen-bond acceptors (Lipinski definition) is 3. The van der Waals surface area contributed by atoms with E-state index >= 15 is 0 Å². The lowest BCUT2D eigenvalue weighted by Gasteiger charge is -2.17. The van der Waals surface area contributed by atoms with Gasteiger partial charge in [0, 0.05) is 11.4 Å². The SMILES string of the molecule is N#CC(CN1CCCC1)c1cccs1. The second-order valence-corrected chi connectivity index (χ2v) is 4.68. The van der Waals surface area contributed by atoms with Gasteiger partial charge in [-0.2, -0.15) is 5.26 Å². The zero-order valence-corrected chi connectivity index (χ0v) is 8.96. The lowest BCUT2D eigenvalue weighted by molar-refractivity contribution is 0.333. The van der Waals surface area contributed by atoms with E-state index in [9.17, 15) is 0 Å². The molecule has 2 heterocycles. The molecular formula is C11H14N2S. The summed E-state index contributed by atoms with van der Waals surface area (Å²) in [6, 6.07) is 6.49. The molecule has 1 atom stereocenters. The summed E-state index contributed by atoms with van der Waals surface area (Å²) in [5, 5.41) is 11.1. The molecule has 1 saturated heterocycles. The van der Waals surface area contributed by atoms with Gasteiger partial charge < -0.3 is 4.90 Å². The van der Waals surface area contributed by atoms with Gasteiger partial charge in [-0.15, -0.1) is 11.3 Å². The molecule has 0 radical (unpaired) electrons. The van der Waals surface area contributed by atoms with Gasteiger partial charge in [0.15, 0.2) is 0 Å². The van der Waals surface area contributed by atoms with Crippen molar-refractivity contribution in [3.05, 3.63) is 22.4 Å². The summed E-state index contributed by atoms with van der Waals surface area (Å²) in [5.74, 6) is 0.0769. The molecule has 1 unspecified atom stereocenters. The predicted molar refractivity (Wildman–Crippen MR) is 58.3 cm³/mol. The molecule has 1 fully saturated rings. The van der Waals surface area contributed by atoms with E-state index in [2.05, 4.69) is 17.0 Å². The third kappa shape index (κ3) is 2.14. The van der Waals surface area contributed by atoms with Gasteiger partial charge in [-0.3, -0.25) is 0 Å². The Labute approximate surface area is 88.8 Å². The Morgan fingerprint density at radius 1 is 1.50 bits per heavy atom. The summed E-state index contributed by atoms with van der Waals surface area (Å²) in [6.07, 6.45) is 2.59. The number of thiophene rings is 1. The molecule has 0 amide bonds. The van der Waals surface area contributed by atoms with Crippen LogP contribution in [0.25, 0.3) is 0 Å². The normalized spacial score (nSPS) is 19.4. The summed E-state index contributed by atoms with van der Waals surface area (Å²) < 4.78 is 0. The number of likely N-dealkylation sites (tertiary alicyclic amines) is 1. The number of nitriles is 1. The van der Waals surface area contributed by atoms with Gasteiger partial charge in [-0.25, -0.2) is 0 Å².